The third-order valence-electron chi connectivity index (χ3n) is 1.67. The molecule has 13 heavy (non-hydrogen) atoms. The Morgan fingerprint density at radius 3 is 2.85 bits per heavy atom. The maximum atomic E-state index is 5.44. The van der Waals surface area contributed by atoms with Gasteiger partial charge in [0.05, 0.1) is 30.1 Å². The molecule has 0 amide bonds. The van der Waals surface area contributed by atoms with Crippen molar-refractivity contribution in [1.29, 1.82) is 0 Å². The van der Waals surface area contributed by atoms with Gasteiger partial charge < -0.3 is 10.7 Å². The molecule has 3 N–H and O–H groups in total. The number of nitrogens with zero attached hydrogens (tertiary/aromatic N) is 3. The first-order valence-electron chi connectivity index (χ1n) is 3.90. The summed E-state index contributed by atoms with van der Waals surface area (Å²) in [6.07, 6.45) is 6.63. The van der Waals surface area contributed by atoms with E-state index in [4.69, 9.17) is 5.73 Å². The number of H-pyrrole nitrogens is 1. The highest BCUT2D eigenvalue weighted by molar-refractivity contribution is 5.50. The number of hydrogen-bond donors (Lipinski definition) is 2. The van der Waals surface area contributed by atoms with Crippen LogP contribution in [-0.4, -0.2) is 19.9 Å². The summed E-state index contributed by atoms with van der Waals surface area (Å²) in [5, 5.41) is 0. The van der Waals surface area contributed by atoms with Gasteiger partial charge in [-0.15, -0.1) is 0 Å². The standard InChI is InChI=1S/C8H9N5/c9-1-6-2-10-4-8(13-6)7-3-11-5-12-7/h2-5H,1,9H2,(H,11,12). The van der Waals surface area contributed by atoms with E-state index in [1.807, 2.05) is 0 Å². The van der Waals surface area contributed by atoms with Crippen LogP contribution in [0.1, 0.15) is 5.69 Å². The Bertz CT molecular complexity index is 381. The van der Waals surface area contributed by atoms with Crippen LogP contribution >= 0.6 is 0 Å². The number of hydrogen-bond acceptors (Lipinski definition) is 4. The lowest BCUT2D eigenvalue weighted by Crippen LogP contribution is -2.01. The average molecular weight is 175 g/mol. The molecule has 2 aromatic heterocycles. The number of aromatic amines is 1. The van der Waals surface area contributed by atoms with Crippen LogP contribution in [0.3, 0.4) is 0 Å². The highest BCUT2D eigenvalue weighted by Gasteiger charge is 2.01. The SMILES string of the molecule is NCc1cncc(-c2cnc[nH]2)n1. The second-order valence-corrected chi connectivity index (χ2v) is 2.57. The lowest BCUT2D eigenvalue weighted by Gasteiger charge is -1.98. The third-order valence-corrected chi connectivity index (χ3v) is 1.67. The van der Waals surface area contributed by atoms with Crippen LogP contribution in [-0.2, 0) is 6.54 Å². The molecule has 0 aliphatic carbocycles. The topological polar surface area (TPSA) is 80.5 Å². The zero-order valence-corrected chi connectivity index (χ0v) is 6.94. The van der Waals surface area contributed by atoms with E-state index in [-0.39, 0.29) is 0 Å². The van der Waals surface area contributed by atoms with E-state index < -0.39 is 0 Å². The molecule has 5 nitrogen and oxygen atoms in total. The molecule has 0 unspecified atom stereocenters. The number of rotatable bonds is 2. The van der Waals surface area contributed by atoms with Crippen LogP contribution in [0.5, 0.6) is 0 Å². The minimum Gasteiger partial charge on any atom is -0.343 e. The van der Waals surface area contributed by atoms with Gasteiger partial charge in [-0.2, -0.15) is 0 Å². The van der Waals surface area contributed by atoms with Crippen LogP contribution < -0.4 is 5.73 Å². The predicted molar refractivity (Wildman–Crippen MR) is 47.5 cm³/mol. The normalized spacial score (nSPS) is 10.2. The Hall–Kier alpha value is -1.75. The molecular formula is C8H9N5. The van der Waals surface area contributed by atoms with Crippen molar-refractivity contribution in [3.05, 3.63) is 30.6 Å². The van der Waals surface area contributed by atoms with Gasteiger partial charge in [-0.1, -0.05) is 0 Å². The van der Waals surface area contributed by atoms with Gasteiger partial charge in [-0.05, 0) is 0 Å². The molecule has 0 aliphatic rings. The summed E-state index contributed by atoms with van der Waals surface area (Å²) in [4.78, 5) is 15.1. The highest BCUT2D eigenvalue weighted by atomic mass is 14.9. The van der Waals surface area contributed by atoms with Crippen molar-refractivity contribution in [2.75, 3.05) is 0 Å². The molecule has 0 saturated carbocycles. The van der Waals surface area contributed by atoms with E-state index in [0.29, 0.717) is 6.54 Å². The Kier molecular flexibility index (Phi) is 2.01. The number of nitrogens with two attached hydrogens (primary N) is 1. The minimum atomic E-state index is 0.398. The van der Waals surface area contributed by atoms with Gasteiger partial charge in [0.25, 0.3) is 0 Å². The average Bonchev–Trinajstić information content (AvgIpc) is 2.71. The van der Waals surface area contributed by atoms with Crippen LogP contribution in [0.25, 0.3) is 11.4 Å². The maximum absolute atomic E-state index is 5.44. The summed E-state index contributed by atoms with van der Waals surface area (Å²) in [7, 11) is 0. The molecule has 0 spiro atoms. The van der Waals surface area contributed by atoms with Gasteiger partial charge in [0.15, 0.2) is 0 Å². The van der Waals surface area contributed by atoms with Gasteiger partial charge in [-0.25, -0.2) is 9.97 Å². The van der Waals surface area contributed by atoms with Crippen LogP contribution in [0.2, 0.25) is 0 Å². The van der Waals surface area contributed by atoms with E-state index in [1.165, 1.54) is 0 Å². The second kappa shape index (κ2) is 3.32. The summed E-state index contributed by atoms with van der Waals surface area (Å²) < 4.78 is 0. The molecule has 5 heteroatoms. The van der Waals surface area contributed by atoms with Gasteiger partial charge in [0.1, 0.15) is 5.69 Å². The number of aromatic nitrogens is 4. The Morgan fingerprint density at radius 1 is 1.23 bits per heavy atom. The van der Waals surface area contributed by atoms with Gasteiger partial charge in [0.2, 0.25) is 0 Å². The smallest absolute Gasteiger partial charge is 0.107 e. The van der Waals surface area contributed by atoms with E-state index in [0.717, 1.165) is 17.1 Å². The fraction of sp³-hybridized carbons (Fsp3) is 0.125. The van der Waals surface area contributed by atoms with Gasteiger partial charge >= 0.3 is 0 Å². The molecule has 0 aromatic carbocycles. The Labute approximate surface area is 75.1 Å². The van der Waals surface area contributed by atoms with Crippen molar-refractivity contribution in [3.8, 4) is 11.4 Å². The maximum Gasteiger partial charge on any atom is 0.107 e. The monoisotopic (exact) mass is 175 g/mol. The fourth-order valence-corrected chi connectivity index (χ4v) is 1.03. The quantitative estimate of drug-likeness (QED) is 0.689. The van der Waals surface area contributed by atoms with Gasteiger partial charge in [0, 0.05) is 12.7 Å². The highest BCUT2D eigenvalue weighted by Crippen LogP contribution is 2.10. The third kappa shape index (κ3) is 1.54. The largest absolute Gasteiger partial charge is 0.343 e. The first kappa shape index (κ1) is 7.88. The van der Waals surface area contributed by atoms with Crippen molar-refractivity contribution in [1.82, 2.24) is 19.9 Å². The molecule has 0 radical (unpaired) electrons. The second-order valence-electron chi connectivity index (χ2n) is 2.57. The Morgan fingerprint density at radius 2 is 2.15 bits per heavy atom. The van der Waals surface area contributed by atoms with Crippen molar-refractivity contribution in [3.63, 3.8) is 0 Å². The molecule has 2 aromatic rings. The van der Waals surface area contributed by atoms with Gasteiger partial charge in [-0.3, -0.25) is 4.98 Å². The van der Waals surface area contributed by atoms with E-state index in [1.54, 1.807) is 24.9 Å². The molecule has 0 atom stereocenters. The minimum absolute atomic E-state index is 0.398. The molecule has 2 rings (SSSR count). The lowest BCUT2D eigenvalue weighted by atomic mass is 10.3. The van der Waals surface area contributed by atoms with Crippen molar-refractivity contribution < 1.29 is 0 Å². The molecule has 0 aliphatic heterocycles. The Balaban J connectivity index is 2.41. The first-order chi connectivity index (χ1) is 6.40. The summed E-state index contributed by atoms with van der Waals surface area (Å²) in [5.74, 6) is 0. The molecule has 0 fully saturated rings. The zero-order chi connectivity index (χ0) is 9.10. The first-order valence-corrected chi connectivity index (χ1v) is 3.90. The summed E-state index contributed by atoms with van der Waals surface area (Å²) in [5.41, 5.74) is 7.83. The van der Waals surface area contributed by atoms with Crippen molar-refractivity contribution in [2.45, 2.75) is 6.54 Å². The van der Waals surface area contributed by atoms with E-state index in [9.17, 15) is 0 Å². The lowest BCUT2D eigenvalue weighted by molar-refractivity contribution is 0.965. The van der Waals surface area contributed by atoms with Crippen LogP contribution in [0.15, 0.2) is 24.9 Å². The van der Waals surface area contributed by atoms with E-state index >= 15 is 0 Å². The molecule has 66 valence electrons. The van der Waals surface area contributed by atoms with Crippen molar-refractivity contribution in [2.24, 2.45) is 5.73 Å². The fourth-order valence-electron chi connectivity index (χ4n) is 1.03. The molecule has 2 heterocycles. The summed E-state index contributed by atoms with van der Waals surface area (Å²) in [6.45, 7) is 0.398. The molecule has 0 saturated heterocycles. The number of imidazole rings is 1. The predicted octanol–water partition coefficient (Wildman–Crippen LogP) is 0.325. The summed E-state index contributed by atoms with van der Waals surface area (Å²) in [6, 6.07) is 0. The number of nitrogens with one attached hydrogen (secondary N) is 1. The van der Waals surface area contributed by atoms with Crippen LogP contribution in [0.4, 0.5) is 0 Å². The summed E-state index contributed by atoms with van der Waals surface area (Å²) >= 11 is 0. The zero-order valence-electron chi connectivity index (χ0n) is 6.94. The molecule has 0 bridgehead atoms. The van der Waals surface area contributed by atoms with E-state index in [2.05, 4.69) is 19.9 Å². The molecular weight excluding hydrogens is 166 g/mol. The van der Waals surface area contributed by atoms with Crippen molar-refractivity contribution >= 4 is 0 Å². The van der Waals surface area contributed by atoms with Crippen LogP contribution in [0, 0.1) is 0 Å².